The number of pyridine rings is 1. The fourth-order valence-electron chi connectivity index (χ4n) is 5.48. The van der Waals surface area contributed by atoms with E-state index in [0.717, 1.165) is 62.8 Å². The van der Waals surface area contributed by atoms with Crippen molar-refractivity contribution in [1.82, 2.24) is 20.5 Å². The van der Waals surface area contributed by atoms with Gasteiger partial charge in [0.2, 0.25) is 11.5 Å². The molecule has 0 aliphatic heterocycles. The number of aromatic amines is 1. The van der Waals surface area contributed by atoms with Gasteiger partial charge in [0, 0.05) is 43.5 Å². The molecule has 1 aliphatic carbocycles. The number of hydrogen-bond donors (Lipinski definition) is 6. The fourth-order valence-corrected chi connectivity index (χ4v) is 5.48. The van der Waals surface area contributed by atoms with E-state index in [9.17, 15) is 41.0 Å². The van der Waals surface area contributed by atoms with Crippen molar-refractivity contribution in [2.75, 3.05) is 32.7 Å². The summed E-state index contributed by atoms with van der Waals surface area (Å²) in [5, 5.41) is 32.2. The summed E-state index contributed by atoms with van der Waals surface area (Å²) in [6, 6.07) is 17.6. The van der Waals surface area contributed by atoms with Gasteiger partial charge in [-0.15, -0.1) is 0 Å². The van der Waals surface area contributed by atoms with Gasteiger partial charge in [-0.1, -0.05) is 62.1 Å². The van der Waals surface area contributed by atoms with Gasteiger partial charge in [-0.3, -0.25) is 9.59 Å². The van der Waals surface area contributed by atoms with Crippen molar-refractivity contribution in [2.45, 2.75) is 76.2 Å². The largest absolute Gasteiger partial charge is 0.506 e. The molecule has 0 radical (unpaired) electrons. The van der Waals surface area contributed by atoms with Crippen molar-refractivity contribution in [1.29, 1.82) is 0 Å². The van der Waals surface area contributed by atoms with E-state index in [1.54, 1.807) is 12.1 Å². The van der Waals surface area contributed by atoms with E-state index in [2.05, 4.69) is 44.8 Å². The van der Waals surface area contributed by atoms with Gasteiger partial charge in [-0.25, -0.2) is 9.59 Å². The molecular weight excluding hydrogens is 702 g/mol. The second kappa shape index (κ2) is 21.7. The number of aromatic hydroxyl groups is 1. The summed E-state index contributed by atoms with van der Waals surface area (Å²) >= 11 is 0. The van der Waals surface area contributed by atoms with Crippen LogP contribution in [0.4, 0.5) is 26.3 Å². The number of rotatable bonds is 13. The molecule has 3 aromatic rings. The van der Waals surface area contributed by atoms with Crippen molar-refractivity contribution >= 4 is 28.7 Å². The lowest BCUT2D eigenvalue weighted by molar-refractivity contribution is -0.193. The Kier molecular flexibility index (Phi) is 18.1. The summed E-state index contributed by atoms with van der Waals surface area (Å²) in [4.78, 5) is 47.6. The van der Waals surface area contributed by atoms with Crippen LogP contribution in [0.15, 0.2) is 59.4 Å². The molecule has 17 heteroatoms. The molecule has 1 aliphatic rings. The van der Waals surface area contributed by atoms with Crippen molar-refractivity contribution in [3.05, 3.63) is 76.1 Å². The van der Waals surface area contributed by atoms with E-state index in [1.165, 1.54) is 37.3 Å². The minimum absolute atomic E-state index is 0.0847. The number of phenolic OH excluding ortho intramolecular Hbond substituents is 1. The Balaban J connectivity index is 0.000000564. The molecule has 1 aromatic heterocycles. The van der Waals surface area contributed by atoms with Crippen molar-refractivity contribution in [2.24, 2.45) is 0 Å². The van der Waals surface area contributed by atoms with Gasteiger partial charge in [0.15, 0.2) is 0 Å². The van der Waals surface area contributed by atoms with Crippen LogP contribution in [0.5, 0.6) is 5.75 Å². The minimum Gasteiger partial charge on any atom is -0.506 e. The standard InChI is InChI=1S/C31H42N4O3.2C2HF3O2/c36-28-14-12-25(27-13-15-29(37)34-31(27)28)17-20-33-22-23-35(26-10-6-1-2-7-11-26)30(38)18-21-32-19-16-24-8-4-3-5-9-24;2*3-2(4,5)1(6)7/h3-5,8-9,12-15,26,32-33,36H,1-2,6-7,10-11,16-23H2,(H,34,37);2*(H,6,7). The number of carbonyl (C=O) groups excluding carboxylic acids is 1. The highest BCUT2D eigenvalue weighted by Gasteiger charge is 2.39. The first kappa shape index (κ1) is 43.5. The number of aliphatic carboxylic acids is 2. The SMILES string of the molecule is O=C(CCNCCc1ccccc1)N(CCNCCc1ccc(O)c2[nH]c(=O)ccc12)C1CCCCCC1.O=C(O)C(F)(F)F.O=C(O)C(F)(F)F. The molecular formula is C35H44F6N4O7. The van der Waals surface area contributed by atoms with Crippen LogP contribution in [0, 0.1) is 0 Å². The van der Waals surface area contributed by atoms with Crippen molar-refractivity contribution in [3.63, 3.8) is 0 Å². The van der Waals surface area contributed by atoms with Gasteiger partial charge in [-0.2, -0.15) is 26.3 Å². The molecule has 11 nitrogen and oxygen atoms in total. The normalized spacial score (nSPS) is 13.6. The predicted octanol–water partition coefficient (Wildman–Crippen LogP) is 5.41. The summed E-state index contributed by atoms with van der Waals surface area (Å²) in [7, 11) is 0. The number of hydrogen-bond acceptors (Lipinski definition) is 7. The zero-order valence-corrected chi connectivity index (χ0v) is 28.4. The zero-order chi connectivity index (χ0) is 38.7. The molecule has 4 rings (SSSR count). The second-order valence-electron chi connectivity index (χ2n) is 11.9. The smallest absolute Gasteiger partial charge is 0.490 e. The Morgan fingerprint density at radius 1 is 0.750 bits per heavy atom. The number of nitrogens with zero attached hydrogens (tertiary/aromatic N) is 1. The first-order chi connectivity index (χ1) is 24.5. The number of carbonyl (C=O) groups is 3. The van der Waals surface area contributed by atoms with E-state index in [4.69, 9.17) is 19.8 Å². The molecule has 1 heterocycles. The number of carboxylic acids is 2. The van der Waals surface area contributed by atoms with Crippen LogP contribution in [0.1, 0.15) is 56.1 Å². The summed E-state index contributed by atoms with van der Waals surface area (Å²) in [6.45, 7) is 3.81. The van der Waals surface area contributed by atoms with E-state index < -0.39 is 24.3 Å². The number of benzene rings is 2. The summed E-state index contributed by atoms with van der Waals surface area (Å²) < 4.78 is 63.5. The Bertz CT molecular complexity index is 1590. The lowest BCUT2D eigenvalue weighted by Crippen LogP contribution is -2.45. The van der Waals surface area contributed by atoms with Gasteiger partial charge >= 0.3 is 24.3 Å². The molecule has 0 spiro atoms. The van der Waals surface area contributed by atoms with Crippen LogP contribution >= 0.6 is 0 Å². The van der Waals surface area contributed by atoms with Gasteiger partial charge in [0.1, 0.15) is 5.75 Å². The molecule has 6 N–H and O–H groups in total. The Hall–Kier alpha value is -4.64. The first-order valence-corrected chi connectivity index (χ1v) is 16.7. The van der Waals surface area contributed by atoms with E-state index in [0.29, 0.717) is 24.5 Å². The molecule has 0 unspecified atom stereocenters. The maximum Gasteiger partial charge on any atom is 0.490 e. The lowest BCUT2D eigenvalue weighted by Gasteiger charge is -2.32. The number of carboxylic acid groups (broad SMARTS) is 2. The molecule has 1 saturated carbocycles. The number of nitrogens with one attached hydrogen (secondary N) is 3. The molecule has 0 saturated heterocycles. The van der Waals surface area contributed by atoms with E-state index in [1.807, 2.05) is 12.1 Å². The molecule has 0 atom stereocenters. The van der Waals surface area contributed by atoms with Crippen molar-refractivity contribution in [3.8, 4) is 5.75 Å². The van der Waals surface area contributed by atoms with Gasteiger partial charge in [0.05, 0.1) is 5.52 Å². The molecule has 288 valence electrons. The minimum atomic E-state index is -5.08. The number of phenols is 1. The zero-order valence-electron chi connectivity index (χ0n) is 28.4. The maximum atomic E-state index is 13.3. The predicted molar refractivity (Wildman–Crippen MR) is 181 cm³/mol. The lowest BCUT2D eigenvalue weighted by atomic mass is 10.0. The highest BCUT2D eigenvalue weighted by molar-refractivity contribution is 5.87. The number of alkyl halides is 6. The van der Waals surface area contributed by atoms with Crippen LogP contribution in [0.3, 0.4) is 0 Å². The molecule has 1 amide bonds. The summed E-state index contributed by atoms with van der Waals surface area (Å²) in [6.07, 6.45) is -0.754. The van der Waals surface area contributed by atoms with Gasteiger partial charge < -0.3 is 35.8 Å². The van der Waals surface area contributed by atoms with Crippen LogP contribution in [0.25, 0.3) is 10.9 Å². The average molecular weight is 747 g/mol. The van der Waals surface area contributed by atoms with Crippen LogP contribution in [-0.4, -0.2) is 94.2 Å². The Morgan fingerprint density at radius 3 is 1.88 bits per heavy atom. The monoisotopic (exact) mass is 746 g/mol. The number of amides is 1. The maximum absolute atomic E-state index is 13.3. The van der Waals surface area contributed by atoms with Crippen molar-refractivity contribution < 1.29 is 56.0 Å². The number of halogens is 6. The third-order valence-corrected chi connectivity index (χ3v) is 8.08. The summed E-state index contributed by atoms with van der Waals surface area (Å²) in [5.41, 5.74) is 2.64. The second-order valence-corrected chi connectivity index (χ2v) is 11.9. The third kappa shape index (κ3) is 16.1. The third-order valence-electron chi connectivity index (χ3n) is 8.08. The highest BCUT2D eigenvalue weighted by atomic mass is 19.4. The Labute approximate surface area is 296 Å². The van der Waals surface area contributed by atoms with E-state index >= 15 is 0 Å². The molecule has 0 bridgehead atoms. The van der Waals surface area contributed by atoms with Gasteiger partial charge in [0.25, 0.3) is 0 Å². The van der Waals surface area contributed by atoms with Crippen LogP contribution in [-0.2, 0) is 27.2 Å². The average Bonchev–Trinajstić information content (AvgIpc) is 3.37. The quantitative estimate of drug-likeness (QED) is 0.0761. The van der Waals surface area contributed by atoms with Crippen LogP contribution < -0.4 is 16.2 Å². The topological polar surface area (TPSA) is 172 Å². The highest BCUT2D eigenvalue weighted by Crippen LogP contribution is 2.25. The molecule has 2 aromatic carbocycles. The van der Waals surface area contributed by atoms with Crippen LogP contribution in [0.2, 0.25) is 0 Å². The van der Waals surface area contributed by atoms with Gasteiger partial charge in [-0.05, 0) is 62.0 Å². The molecule has 1 fully saturated rings. The number of H-pyrrole nitrogens is 1. The van der Waals surface area contributed by atoms with E-state index in [-0.39, 0.29) is 17.2 Å². The summed E-state index contributed by atoms with van der Waals surface area (Å²) in [5.74, 6) is -5.18. The number of aromatic nitrogens is 1. The molecule has 52 heavy (non-hydrogen) atoms. The number of fused-ring (bicyclic) bond motifs is 1. The Morgan fingerprint density at radius 2 is 1.31 bits per heavy atom. The first-order valence-electron chi connectivity index (χ1n) is 16.7. The fraction of sp³-hybridized carbons (Fsp3) is 0.486.